The fraction of sp³-hybridized carbons (Fsp3) is 0.467. The lowest BCUT2D eigenvalue weighted by atomic mass is 9.90. The highest BCUT2D eigenvalue weighted by Gasteiger charge is 2.22. The Morgan fingerprint density at radius 2 is 1.95 bits per heavy atom. The van der Waals surface area contributed by atoms with Gasteiger partial charge in [-0.3, -0.25) is 9.59 Å². The molecule has 2 N–H and O–H groups in total. The summed E-state index contributed by atoms with van der Waals surface area (Å²) in [6.45, 7) is 3.93. The number of anilines is 1. The molecule has 0 aliphatic heterocycles. The molecule has 1 aromatic carbocycles. The molecule has 0 aliphatic rings. The second-order valence-electron chi connectivity index (χ2n) is 5.17. The van der Waals surface area contributed by atoms with Crippen molar-refractivity contribution < 1.29 is 14.7 Å². The predicted octanol–water partition coefficient (Wildman–Crippen LogP) is 2.96. The number of para-hydroxylation sites is 1. The molecule has 1 aromatic rings. The smallest absolute Gasteiger partial charge is 0.322 e. The molecule has 5 heteroatoms. The van der Waals surface area contributed by atoms with Crippen LogP contribution in [0.3, 0.4) is 0 Å². The second-order valence-corrected chi connectivity index (χ2v) is 5.53. The van der Waals surface area contributed by atoms with Crippen LogP contribution in [0.5, 0.6) is 0 Å². The Kier molecular flexibility index (Phi) is 6.58. The lowest BCUT2D eigenvalue weighted by molar-refractivity contribution is -0.134. The highest BCUT2D eigenvalue weighted by molar-refractivity contribution is 7.80. The Labute approximate surface area is 125 Å². The maximum atomic E-state index is 12.5. The predicted molar refractivity (Wildman–Crippen MR) is 83.7 cm³/mol. The van der Waals surface area contributed by atoms with Crippen molar-refractivity contribution in [3.8, 4) is 0 Å². The highest BCUT2D eigenvalue weighted by Crippen LogP contribution is 2.23. The third kappa shape index (κ3) is 4.89. The topological polar surface area (TPSA) is 66.4 Å². The normalized spacial score (nSPS) is 12.2. The van der Waals surface area contributed by atoms with E-state index in [0.717, 1.165) is 6.42 Å². The molecule has 0 bridgehead atoms. The van der Waals surface area contributed by atoms with Crippen LogP contribution in [-0.2, 0) is 4.79 Å². The number of thiol groups is 1. The molecular weight excluding hydrogens is 274 g/mol. The average molecular weight is 295 g/mol. The van der Waals surface area contributed by atoms with Gasteiger partial charge in [-0.15, -0.1) is 0 Å². The Hall–Kier alpha value is -1.49. The lowest BCUT2D eigenvalue weighted by Gasteiger charge is -2.18. The number of ketones is 1. The van der Waals surface area contributed by atoms with Crippen LogP contribution >= 0.6 is 12.6 Å². The Bertz CT molecular complexity index is 474. The van der Waals surface area contributed by atoms with E-state index in [2.05, 4.69) is 31.8 Å². The molecule has 0 radical (unpaired) electrons. The zero-order valence-electron chi connectivity index (χ0n) is 11.8. The number of Topliss-reactive ketones (excluding diaryl/α,β-unsaturated/α-hetero) is 1. The number of nitrogens with one attached hydrogen (secondary N) is 1. The second kappa shape index (κ2) is 7.94. The molecule has 110 valence electrons. The monoisotopic (exact) mass is 295 g/mol. The molecule has 1 rings (SSSR count). The molecule has 0 spiro atoms. The molecule has 1 atom stereocenters. The van der Waals surface area contributed by atoms with E-state index in [4.69, 9.17) is 5.11 Å². The van der Waals surface area contributed by atoms with Gasteiger partial charge in [0.25, 0.3) is 0 Å². The summed E-state index contributed by atoms with van der Waals surface area (Å²) in [5.74, 6) is -0.187. The highest BCUT2D eigenvalue weighted by atomic mass is 32.1. The third-order valence-corrected chi connectivity index (χ3v) is 3.41. The van der Waals surface area contributed by atoms with Crippen LogP contribution in [0, 0.1) is 11.8 Å². The van der Waals surface area contributed by atoms with Crippen LogP contribution < -0.4 is 5.32 Å². The number of carbonyl (C=O) groups is 2. The van der Waals surface area contributed by atoms with Gasteiger partial charge in [-0.2, -0.15) is 12.6 Å². The SMILES string of the molecule is CC(C)CC(CS)C(=O)c1ccccc1NCC(=O)O. The van der Waals surface area contributed by atoms with E-state index in [1.807, 2.05) is 0 Å². The minimum absolute atomic E-state index is 0.0159. The average Bonchev–Trinajstić information content (AvgIpc) is 2.41. The van der Waals surface area contributed by atoms with Gasteiger partial charge in [-0.25, -0.2) is 0 Å². The summed E-state index contributed by atoms with van der Waals surface area (Å²) >= 11 is 4.26. The summed E-state index contributed by atoms with van der Waals surface area (Å²) in [5.41, 5.74) is 1.10. The summed E-state index contributed by atoms with van der Waals surface area (Å²) in [7, 11) is 0. The van der Waals surface area contributed by atoms with E-state index >= 15 is 0 Å². The van der Waals surface area contributed by atoms with E-state index < -0.39 is 5.97 Å². The van der Waals surface area contributed by atoms with Crippen molar-refractivity contribution in [1.82, 2.24) is 0 Å². The van der Waals surface area contributed by atoms with Crippen LogP contribution in [0.4, 0.5) is 5.69 Å². The van der Waals surface area contributed by atoms with Gasteiger partial charge < -0.3 is 10.4 Å². The Morgan fingerprint density at radius 3 is 2.50 bits per heavy atom. The largest absolute Gasteiger partial charge is 0.480 e. The third-order valence-electron chi connectivity index (χ3n) is 2.97. The summed E-state index contributed by atoms with van der Waals surface area (Å²) in [6, 6.07) is 7.01. The minimum Gasteiger partial charge on any atom is -0.480 e. The molecule has 0 fully saturated rings. The molecule has 0 heterocycles. The summed E-state index contributed by atoms with van der Waals surface area (Å²) < 4.78 is 0. The van der Waals surface area contributed by atoms with E-state index in [-0.39, 0.29) is 18.2 Å². The quantitative estimate of drug-likeness (QED) is 0.509. The molecule has 0 aliphatic carbocycles. The number of rotatable bonds is 8. The van der Waals surface area contributed by atoms with Crippen molar-refractivity contribution >= 4 is 30.1 Å². The van der Waals surface area contributed by atoms with E-state index in [1.54, 1.807) is 24.3 Å². The van der Waals surface area contributed by atoms with Crippen molar-refractivity contribution in [2.45, 2.75) is 20.3 Å². The number of aliphatic carboxylic acids is 1. The van der Waals surface area contributed by atoms with Gasteiger partial charge in [-0.1, -0.05) is 26.0 Å². The molecule has 1 unspecified atom stereocenters. The van der Waals surface area contributed by atoms with Gasteiger partial charge in [-0.05, 0) is 24.5 Å². The van der Waals surface area contributed by atoms with Crippen molar-refractivity contribution in [3.05, 3.63) is 29.8 Å². The molecule has 0 amide bonds. The van der Waals surface area contributed by atoms with Crippen LogP contribution in [-0.4, -0.2) is 29.2 Å². The van der Waals surface area contributed by atoms with Crippen molar-refractivity contribution in [2.75, 3.05) is 17.6 Å². The van der Waals surface area contributed by atoms with Crippen molar-refractivity contribution in [1.29, 1.82) is 0 Å². The Morgan fingerprint density at radius 1 is 1.30 bits per heavy atom. The van der Waals surface area contributed by atoms with E-state index in [9.17, 15) is 9.59 Å². The van der Waals surface area contributed by atoms with Gasteiger partial charge in [0.15, 0.2) is 5.78 Å². The first-order valence-electron chi connectivity index (χ1n) is 6.65. The van der Waals surface area contributed by atoms with Crippen LogP contribution in [0.1, 0.15) is 30.6 Å². The fourth-order valence-corrected chi connectivity index (χ4v) is 2.39. The molecule has 0 saturated heterocycles. The first kappa shape index (κ1) is 16.6. The minimum atomic E-state index is -0.958. The number of hydrogen-bond donors (Lipinski definition) is 3. The number of benzene rings is 1. The van der Waals surface area contributed by atoms with Crippen LogP contribution in [0.15, 0.2) is 24.3 Å². The van der Waals surface area contributed by atoms with Crippen molar-refractivity contribution in [3.63, 3.8) is 0 Å². The number of carbonyl (C=O) groups excluding carboxylic acids is 1. The zero-order valence-corrected chi connectivity index (χ0v) is 12.7. The maximum Gasteiger partial charge on any atom is 0.322 e. The zero-order chi connectivity index (χ0) is 15.1. The molecule has 0 saturated carbocycles. The first-order chi connectivity index (χ1) is 9.45. The summed E-state index contributed by atoms with van der Waals surface area (Å²) in [6.07, 6.45) is 0.773. The number of carboxylic acids is 1. The van der Waals surface area contributed by atoms with Gasteiger partial charge in [0.05, 0.1) is 0 Å². The fourth-order valence-electron chi connectivity index (χ4n) is 2.08. The van der Waals surface area contributed by atoms with Gasteiger partial charge in [0, 0.05) is 22.9 Å². The lowest BCUT2D eigenvalue weighted by Crippen LogP contribution is -2.21. The van der Waals surface area contributed by atoms with Crippen LogP contribution in [0.2, 0.25) is 0 Å². The molecule has 4 nitrogen and oxygen atoms in total. The Balaban J connectivity index is 2.93. The molecule has 0 aromatic heterocycles. The van der Waals surface area contributed by atoms with E-state index in [0.29, 0.717) is 22.9 Å². The summed E-state index contributed by atoms with van der Waals surface area (Å²) in [5, 5.41) is 11.5. The standard InChI is InChI=1S/C15H21NO3S/c1-10(2)7-11(9-20)15(19)12-5-3-4-6-13(12)16-8-14(17)18/h3-6,10-11,16,20H,7-9H2,1-2H3,(H,17,18). The molecule has 20 heavy (non-hydrogen) atoms. The first-order valence-corrected chi connectivity index (χ1v) is 7.28. The number of carboxylic acid groups (broad SMARTS) is 1. The van der Waals surface area contributed by atoms with Crippen LogP contribution in [0.25, 0.3) is 0 Å². The maximum absolute atomic E-state index is 12.5. The van der Waals surface area contributed by atoms with Crippen molar-refractivity contribution in [2.24, 2.45) is 11.8 Å². The number of hydrogen-bond acceptors (Lipinski definition) is 4. The van der Waals surface area contributed by atoms with E-state index in [1.165, 1.54) is 0 Å². The van der Waals surface area contributed by atoms with Gasteiger partial charge in [0.1, 0.15) is 6.54 Å². The van der Waals surface area contributed by atoms with Gasteiger partial charge >= 0.3 is 5.97 Å². The van der Waals surface area contributed by atoms with Gasteiger partial charge in [0.2, 0.25) is 0 Å². The summed E-state index contributed by atoms with van der Waals surface area (Å²) in [4.78, 5) is 23.2. The molecular formula is C15H21NO3S.